The first-order valence-corrected chi connectivity index (χ1v) is 53.7. The van der Waals surface area contributed by atoms with E-state index in [1.54, 1.807) is 54.2 Å². The van der Waals surface area contributed by atoms with Crippen LogP contribution in [0.25, 0.3) is 32.3 Å². The Morgan fingerprint density at radius 1 is 0.400 bits per heavy atom. The fraction of sp³-hybridized carbons (Fsp3) is 0.396. The van der Waals surface area contributed by atoms with Gasteiger partial charge in [0.2, 0.25) is 17.8 Å². The molecule has 6 saturated heterocycles. The Bertz CT molecular complexity index is 6470. The average Bonchev–Trinajstić information content (AvgIpc) is 1.34. The molecule has 7 aliphatic rings. The van der Waals surface area contributed by atoms with E-state index >= 15 is 0 Å². The van der Waals surface area contributed by atoms with Crippen molar-refractivity contribution in [3.8, 4) is 17.2 Å². The molecule has 9 aromatic carbocycles. The first-order valence-electron chi connectivity index (χ1n) is 45.1. The molecule has 1 saturated carbocycles. The van der Waals surface area contributed by atoms with Crippen LogP contribution < -0.4 is 76.7 Å². The molecule has 12 aromatic rings. The van der Waals surface area contributed by atoms with E-state index in [0.29, 0.717) is 73.1 Å². The van der Waals surface area contributed by atoms with Crippen molar-refractivity contribution in [3.63, 3.8) is 0 Å². The molecule has 0 amide bonds. The first kappa shape index (κ1) is 91.2. The van der Waals surface area contributed by atoms with Crippen molar-refractivity contribution in [1.82, 2.24) is 44.6 Å². The number of benzene rings is 9. The van der Waals surface area contributed by atoms with Crippen molar-refractivity contribution in [2.45, 2.75) is 85.0 Å². The molecule has 9 heterocycles. The number of carbonyl (C=O) groups is 1. The molecule has 680 valence electrons. The first-order chi connectivity index (χ1) is 62.1. The van der Waals surface area contributed by atoms with Crippen molar-refractivity contribution in [2.24, 2.45) is 16.2 Å². The van der Waals surface area contributed by atoms with Gasteiger partial charge in [0.1, 0.15) is 56.1 Å². The van der Waals surface area contributed by atoms with Crippen LogP contribution >= 0.6 is 37.4 Å². The minimum Gasteiger partial charge on any atom is -0.494 e. The van der Waals surface area contributed by atoms with Gasteiger partial charge >= 0.3 is 0 Å². The zero-order chi connectivity index (χ0) is 91.5. The number of hydrogen-bond donors (Lipinski definition) is 6. The number of rotatable bonds is 23. The van der Waals surface area contributed by atoms with E-state index < -0.39 is 21.4 Å². The molecule has 6 N–H and O–H groups in total. The molecule has 7 fully saturated rings. The van der Waals surface area contributed by atoms with Crippen LogP contribution in [0.5, 0.6) is 17.2 Å². The number of aryl methyl sites for hydroxylation is 3. The quantitative estimate of drug-likeness (QED) is 0.0257. The van der Waals surface area contributed by atoms with Gasteiger partial charge in [0, 0.05) is 154 Å². The third-order valence-electron chi connectivity index (χ3n) is 27.2. The number of aromatic nitrogens is 6. The standard InChI is InChI=1S/C35H43N6O2P.C34H41N6O3P.C32H38BrN6O2P/c1-23-18-29(31(43-3)19-30(23)41-16-14-35(15-17-41)21-40(2)22-35)38-34-36-20-27(25-10-11-25)33(39-34)37-28-13-12-24-8-6-7-9-26(24)32(28)44(4,5)42;1-22-17-28(30(43-4)18-29(22)40-15-13-34(14-16-40)20-39(3)21-34)37-33-35-19-26(23(2)41)32(38-33)36-27-12-11-24-9-7-8-10-25(24)31(27)44(5,6)42;1-21-16-26(28(41-3)17-27(21)39-14-12-32(13-15-39)19-38(2)20-32)36-31-34-18-24(33)30(37-31)35-25-11-10-22-8-6-7-9-23(22)29(25)42(4,5)40/h6-9,12-13,18-20,25H,10-11,14-17,21-22H2,1-5H3,(H2,36,37,38,39);7-12,17-19H,13-16,20-21H2,1-6H3,(H2,35,36,37,38);6-11,16-18H,12-15,19-20H2,1-5H3,(H2,34,35,36,37). The normalized spacial score (nSPS) is 17.3. The summed E-state index contributed by atoms with van der Waals surface area (Å²) in [5.74, 6) is 5.39. The third kappa shape index (κ3) is 19.5. The van der Waals surface area contributed by atoms with Gasteiger partial charge in [0.15, 0.2) is 5.78 Å². The molecule has 29 heteroatoms. The summed E-state index contributed by atoms with van der Waals surface area (Å²) in [6, 6.07) is 48.7. The molecule has 0 unspecified atom stereocenters. The lowest BCUT2D eigenvalue weighted by atomic mass is 9.72. The molecular weight excluding hydrogens is 1750 g/mol. The van der Waals surface area contributed by atoms with E-state index in [1.807, 2.05) is 111 Å². The molecule has 19 rings (SSSR count). The summed E-state index contributed by atoms with van der Waals surface area (Å²) in [5, 5.41) is 28.9. The topological polar surface area (TPSA) is 265 Å². The summed E-state index contributed by atoms with van der Waals surface area (Å²) >= 11 is 3.59. The maximum Gasteiger partial charge on any atom is 0.229 e. The Hall–Kier alpha value is -10.7. The number of hydrogen-bond acceptors (Lipinski definition) is 25. The number of carbonyl (C=O) groups excluding carboxylic acids is 1. The van der Waals surface area contributed by atoms with Crippen LogP contribution in [0, 0.1) is 37.0 Å². The molecule has 1 aliphatic carbocycles. The van der Waals surface area contributed by atoms with Crippen LogP contribution in [-0.2, 0) is 13.7 Å². The number of anilines is 15. The van der Waals surface area contributed by atoms with Gasteiger partial charge in [-0.15, -0.1) is 0 Å². The van der Waals surface area contributed by atoms with E-state index in [9.17, 15) is 18.5 Å². The monoisotopic (exact) mass is 1870 g/mol. The lowest BCUT2D eigenvalue weighted by molar-refractivity contribution is 0.00124. The Morgan fingerprint density at radius 2 is 0.708 bits per heavy atom. The summed E-state index contributed by atoms with van der Waals surface area (Å²) in [4.78, 5) is 55.5. The van der Waals surface area contributed by atoms with E-state index in [4.69, 9.17) is 34.1 Å². The SMILES string of the molecule is COc1cc(N2CCC3(CC2)CN(C)C3)c(C)cc1Nc1ncc(Br)c(Nc2ccc3ccccc3c2P(C)(C)=O)n1.COc1cc(N2CCC3(CC2)CN(C)C3)c(C)cc1Nc1ncc(C(C)=O)c(Nc2ccc3ccccc3c2P(C)(C)=O)n1.COc1cc(N2CCC3(CC2)CN(C)C3)c(C)cc1Nc1ncc(C2CC2)c(Nc2ccc3ccccc3c2P(C)(C)=O)n1. The van der Waals surface area contributed by atoms with E-state index in [0.717, 1.165) is 157 Å². The Labute approximate surface area is 772 Å². The van der Waals surface area contributed by atoms with Gasteiger partial charge in [-0.1, -0.05) is 91.0 Å². The van der Waals surface area contributed by atoms with Gasteiger partial charge in [-0.3, -0.25) is 4.79 Å². The summed E-state index contributed by atoms with van der Waals surface area (Å²) in [6.07, 6.45) is 14.8. The van der Waals surface area contributed by atoms with E-state index in [-0.39, 0.29) is 5.78 Å². The molecule has 0 atom stereocenters. The predicted octanol–water partition coefficient (Wildman–Crippen LogP) is 20.5. The minimum absolute atomic E-state index is 0.174. The number of methoxy groups -OCH3 is 3. The zero-order valence-corrected chi connectivity index (χ0v) is 82.0. The molecular formula is C101H122BrN18O7P3. The van der Waals surface area contributed by atoms with Crippen molar-refractivity contribution < 1.29 is 32.7 Å². The average molecular weight is 1870 g/mol. The number of ketones is 1. The summed E-state index contributed by atoms with van der Waals surface area (Å²) in [7, 11) is 3.75. The maximum atomic E-state index is 13.6. The number of Topliss-reactive ketones (excluding diaryl/α,β-unsaturated/α-hetero) is 1. The van der Waals surface area contributed by atoms with Crippen LogP contribution in [0.2, 0.25) is 0 Å². The van der Waals surface area contributed by atoms with Crippen LogP contribution in [0.4, 0.5) is 86.5 Å². The minimum atomic E-state index is -2.71. The second-order valence-corrected chi connectivity index (χ2v) is 48.8. The summed E-state index contributed by atoms with van der Waals surface area (Å²) in [6.45, 7) is 32.3. The number of nitrogens with one attached hydrogen (secondary N) is 6. The van der Waals surface area contributed by atoms with Crippen molar-refractivity contribution >= 4 is 178 Å². The summed E-state index contributed by atoms with van der Waals surface area (Å²) < 4.78 is 58.7. The van der Waals surface area contributed by atoms with Gasteiger partial charge in [-0.2, -0.15) is 15.0 Å². The highest BCUT2D eigenvalue weighted by Gasteiger charge is 2.46. The largest absolute Gasteiger partial charge is 0.494 e. The molecule has 3 spiro atoms. The number of piperidine rings is 3. The fourth-order valence-corrected chi connectivity index (χ4v) is 25.6. The van der Waals surface area contributed by atoms with E-state index in [1.165, 1.54) is 119 Å². The molecule has 25 nitrogen and oxygen atoms in total. The van der Waals surface area contributed by atoms with Crippen molar-refractivity contribution in [1.29, 1.82) is 0 Å². The highest BCUT2D eigenvalue weighted by atomic mass is 79.9. The van der Waals surface area contributed by atoms with Crippen LogP contribution in [0.3, 0.4) is 0 Å². The van der Waals surface area contributed by atoms with Crippen LogP contribution in [0.1, 0.15) is 96.8 Å². The molecule has 0 bridgehead atoms. The van der Waals surface area contributed by atoms with E-state index in [2.05, 4.69) is 184 Å². The van der Waals surface area contributed by atoms with Crippen molar-refractivity contribution in [3.05, 3.63) is 196 Å². The predicted molar refractivity (Wildman–Crippen MR) is 542 cm³/mol. The lowest BCUT2D eigenvalue weighted by Crippen LogP contribution is -2.58. The van der Waals surface area contributed by atoms with Crippen LogP contribution in [0.15, 0.2) is 169 Å². The Kier molecular flexibility index (Phi) is 25.8. The van der Waals surface area contributed by atoms with Crippen LogP contribution in [-0.4, -0.2) is 211 Å². The zero-order valence-electron chi connectivity index (χ0n) is 77.8. The van der Waals surface area contributed by atoms with Gasteiger partial charge in [-0.05, 0) is 264 Å². The fourth-order valence-electron chi connectivity index (χ4n) is 20.9. The highest BCUT2D eigenvalue weighted by molar-refractivity contribution is 9.10. The van der Waals surface area contributed by atoms with Gasteiger partial charge in [0.25, 0.3) is 0 Å². The molecule has 6 aliphatic heterocycles. The molecule has 0 radical (unpaired) electrons. The number of ether oxygens (including phenoxy) is 3. The third-order valence-corrected chi connectivity index (χ3v) is 32.5. The van der Waals surface area contributed by atoms with Gasteiger partial charge in [-0.25, -0.2) is 15.0 Å². The maximum absolute atomic E-state index is 13.6. The lowest BCUT2D eigenvalue weighted by Gasteiger charge is -2.53. The number of likely N-dealkylation sites (tertiary alicyclic amines) is 3. The van der Waals surface area contributed by atoms with Crippen molar-refractivity contribution in [2.75, 3.05) is 208 Å². The van der Waals surface area contributed by atoms with Gasteiger partial charge < -0.3 is 89.2 Å². The summed E-state index contributed by atoms with van der Waals surface area (Å²) in [5.41, 5.74) is 14.7. The smallest absolute Gasteiger partial charge is 0.229 e. The number of halogens is 1. The second-order valence-electron chi connectivity index (χ2n) is 38.5. The van der Waals surface area contributed by atoms with Gasteiger partial charge in [0.05, 0.1) is 65.5 Å². The molecule has 130 heavy (non-hydrogen) atoms. The highest BCUT2D eigenvalue weighted by Crippen LogP contribution is 2.51. The second kappa shape index (κ2) is 36.8. The Balaban J connectivity index is 0.000000137. The molecule has 3 aromatic heterocycles. The number of nitrogens with zero attached hydrogens (tertiary/aromatic N) is 12. The Morgan fingerprint density at radius 3 is 1.03 bits per heavy atom. The number of fused-ring (bicyclic) bond motifs is 3.